The second kappa shape index (κ2) is 6.34. The van der Waals surface area contributed by atoms with Gasteiger partial charge in [0.2, 0.25) is 0 Å². The normalized spacial score (nSPS) is 26.9. The molecule has 6 nitrogen and oxygen atoms in total. The molecule has 1 aliphatic heterocycles. The Morgan fingerprint density at radius 2 is 2.04 bits per heavy atom. The zero-order valence-corrected chi connectivity index (χ0v) is 14.0. The van der Waals surface area contributed by atoms with Gasteiger partial charge < -0.3 is 4.90 Å². The van der Waals surface area contributed by atoms with E-state index in [-0.39, 0.29) is 5.91 Å². The standard InChI is InChI=1S/C18H23N5O/c1-13-8-10-23(16-5-3-2-4-14(13)16)18(24)15-6-7-17(21-20-15)22-11-9-19-12-22/h6-7,9,11-14,16H,2-5,8,10H2,1H3. The predicted molar refractivity (Wildman–Crippen MR) is 89.7 cm³/mol. The summed E-state index contributed by atoms with van der Waals surface area (Å²) in [5.74, 6) is 2.07. The summed E-state index contributed by atoms with van der Waals surface area (Å²) in [6.07, 6.45) is 11.2. The molecule has 1 saturated heterocycles. The summed E-state index contributed by atoms with van der Waals surface area (Å²) in [7, 11) is 0. The fourth-order valence-electron chi connectivity index (χ4n) is 4.28. The van der Waals surface area contributed by atoms with Crippen LogP contribution in [0.5, 0.6) is 0 Å². The smallest absolute Gasteiger partial charge is 0.274 e. The number of piperidine rings is 1. The van der Waals surface area contributed by atoms with Gasteiger partial charge in [-0.25, -0.2) is 4.98 Å². The van der Waals surface area contributed by atoms with Crippen molar-refractivity contribution in [1.82, 2.24) is 24.6 Å². The van der Waals surface area contributed by atoms with Gasteiger partial charge in [0, 0.05) is 25.0 Å². The van der Waals surface area contributed by atoms with Gasteiger partial charge in [-0.15, -0.1) is 10.2 Å². The zero-order valence-electron chi connectivity index (χ0n) is 14.0. The van der Waals surface area contributed by atoms with Crippen molar-refractivity contribution in [3.05, 3.63) is 36.5 Å². The Balaban J connectivity index is 1.54. The number of nitrogens with zero attached hydrogens (tertiary/aromatic N) is 5. The fourth-order valence-corrected chi connectivity index (χ4v) is 4.28. The number of carbonyl (C=O) groups excluding carboxylic acids is 1. The van der Waals surface area contributed by atoms with Gasteiger partial charge in [-0.05, 0) is 43.2 Å². The summed E-state index contributed by atoms with van der Waals surface area (Å²) in [4.78, 5) is 19.0. The lowest BCUT2D eigenvalue weighted by molar-refractivity contribution is 0.0212. The van der Waals surface area contributed by atoms with Crippen LogP contribution in [0.4, 0.5) is 0 Å². The molecule has 0 N–H and O–H groups in total. The van der Waals surface area contributed by atoms with Crippen LogP contribution in [-0.2, 0) is 0 Å². The number of fused-ring (bicyclic) bond motifs is 1. The molecule has 6 heteroatoms. The van der Waals surface area contributed by atoms with Crippen LogP contribution in [0.25, 0.3) is 5.82 Å². The van der Waals surface area contributed by atoms with E-state index in [9.17, 15) is 4.79 Å². The SMILES string of the molecule is CC1CCN(C(=O)c2ccc(-n3ccnc3)nn2)C2CCCCC12. The Labute approximate surface area is 141 Å². The molecule has 2 fully saturated rings. The second-order valence-electron chi connectivity index (χ2n) is 7.03. The van der Waals surface area contributed by atoms with Crippen LogP contribution >= 0.6 is 0 Å². The quantitative estimate of drug-likeness (QED) is 0.851. The van der Waals surface area contributed by atoms with Gasteiger partial charge in [0.25, 0.3) is 5.91 Å². The van der Waals surface area contributed by atoms with Crippen molar-refractivity contribution in [2.75, 3.05) is 6.54 Å². The molecule has 0 spiro atoms. The van der Waals surface area contributed by atoms with E-state index in [2.05, 4.69) is 27.0 Å². The van der Waals surface area contributed by atoms with Crippen LogP contribution in [0.1, 0.15) is 49.5 Å². The molecule has 1 aliphatic carbocycles. The monoisotopic (exact) mass is 325 g/mol. The highest BCUT2D eigenvalue weighted by molar-refractivity contribution is 5.92. The van der Waals surface area contributed by atoms with Gasteiger partial charge in [-0.2, -0.15) is 0 Å². The van der Waals surface area contributed by atoms with Crippen molar-refractivity contribution >= 4 is 5.91 Å². The maximum absolute atomic E-state index is 13.0. The molecular formula is C18H23N5O. The number of amides is 1. The predicted octanol–water partition coefficient (Wildman–Crippen LogP) is 2.70. The van der Waals surface area contributed by atoms with E-state index < -0.39 is 0 Å². The van der Waals surface area contributed by atoms with Gasteiger partial charge in [0.1, 0.15) is 6.33 Å². The van der Waals surface area contributed by atoms with Crippen molar-refractivity contribution in [2.45, 2.75) is 45.1 Å². The van der Waals surface area contributed by atoms with Crippen molar-refractivity contribution in [2.24, 2.45) is 11.8 Å². The molecule has 3 heterocycles. The number of aromatic nitrogens is 4. The van der Waals surface area contributed by atoms with Crippen molar-refractivity contribution < 1.29 is 4.79 Å². The molecule has 0 radical (unpaired) electrons. The fraction of sp³-hybridized carbons (Fsp3) is 0.556. The molecule has 2 aliphatic rings. The Bertz CT molecular complexity index is 697. The van der Waals surface area contributed by atoms with Gasteiger partial charge in [-0.1, -0.05) is 19.8 Å². The van der Waals surface area contributed by atoms with Crippen LogP contribution in [0.3, 0.4) is 0 Å². The van der Waals surface area contributed by atoms with Gasteiger partial charge >= 0.3 is 0 Å². The van der Waals surface area contributed by atoms with E-state index in [1.165, 1.54) is 19.3 Å². The second-order valence-corrected chi connectivity index (χ2v) is 7.03. The highest BCUT2D eigenvalue weighted by Gasteiger charge is 2.39. The van der Waals surface area contributed by atoms with Crippen molar-refractivity contribution in [3.8, 4) is 5.82 Å². The maximum Gasteiger partial charge on any atom is 0.274 e. The molecule has 2 aromatic heterocycles. The summed E-state index contributed by atoms with van der Waals surface area (Å²) >= 11 is 0. The molecule has 3 unspecified atom stereocenters. The Hall–Kier alpha value is -2.24. The van der Waals surface area contributed by atoms with Crippen LogP contribution in [0, 0.1) is 11.8 Å². The van der Waals surface area contributed by atoms with Crippen LogP contribution < -0.4 is 0 Å². The Kier molecular flexibility index (Phi) is 4.04. The Morgan fingerprint density at radius 1 is 1.17 bits per heavy atom. The number of likely N-dealkylation sites (tertiary alicyclic amines) is 1. The molecule has 0 bridgehead atoms. The summed E-state index contributed by atoms with van der Waals surface area (Å²) < 4.78 is 1.78. The van der Waals surface area contributed by atoms with E-state index in [0.717, 1.165) is 19.4 Å². The highest BCUT2D eigenvalue weighted by Crippen LogP contribution is 2.39. The largest absolute Gasteiger partial charge is 0.334 e. The van der Waals surface area contributed by atoms with Crippen molar-refractivity contribution in [1.29, 1.82) is 0 Å². The molecule has 126 valence electrons. The summed E-state index contributed by atoms with van der Waals surface area (Å²) in [6.45, 7) is 3.18. The molecule has 4 rings (SSSR count). The minimum Gasteiger partial charge on any atom is -0.334 e. The Morgan fingerprint density at radius 3 is 2.79 bits per heavy atom. The molecule has 2 aromatic rings. The number of hydrogen-bond donors (Lipinski definition) is 0. The van der Waals surface area contributed by atoms with E-state index in [1.54, 1.807) is 23.2 Å². The van der Waals surface area contributed by atoms with Crippen LogP contribution in [0.15, 0.2) is 30.9 Å². The first-order valence-corrected chi connectivity index (χ1v) is 8.87. The topological polar surface area (TPSA) is 63.9 Å². The number of imidazole rings is 1. The lowest BCUT2D eigenvalue weighted by Gasteiger charge is -2.47. The molecule has 1 amide bonds. The van der Waals surface area contributed by atoms with Gasteiger partial charge in [0.05, 0.1) is 0 Å². The molecule has 1 saturated carbocycles. The van der Waals surface area contributed by atoms with Gasteiger partial charge in [0.15, 0.2) is 11.5 Å². The molecule has 0 aromatic carbocycles. The molecule has 24 heavy (non-hydrogen) atoms. The minimum absolute atomic E-state index is 0.0310. The third kappa shape index (κ3) is 2.70. The molecular weight excluding hydrogens is 302 g/mol. The van der Waals surface area contributed by atoms with E-state index >= 15 is 0 Å². The third-order valence-corrected chi connectivity index (χ3v) is 5.64. The summed E-state index contributed by atoms with van der Waals surface area (Å²) in [6, 6.07) is 3.98. The van der Waals surface area contributed by atoms with E-state index in [0.29, 0.717) is 29.4 Å². The first-order valence-electron chi connectivity index (χ1n) is 8.87. The highest BCUT2D eigenvalue weighted by atomic mass is 16.2. The van der Waals surface area contributed by atoms with E-state index in [4.69, 9.17) is 0 Å². The average molecular weight is 325 g/mol. The first-order chi connectivity index (χ1) is 11.7. The summed E-state index contributed by atoms with van der Waals surface area (Å²) in [5.41, 5.74) is 0.442. The van der Waals surface area contributed by atoms with Crippen LogP contribution in [-0.4, -0.2) is 43.1 Å². The third-order valence-electron chi connectivity index (χ3n) is 5.64. The van der Waals surface area contributed by atoms with Crippen LogP contribution in [0.2, 0.25) is 0 Å². The molecule has 3 atom stereocenters. The van der Waals surface area contributed by atoms with Gasteiger partial charge in [-0.3, -0.25) is 9.36 Å². The first kappa shape index (κ1) is 15.3. The zero-order chi connectivity index (χ0) is 16.5. The maximum atomic E-state index is 13.0. The lowest BCUT2D eigenvalue weighted by atomic mass is 9.72. The lowest BCUT2D eigenvalue weighted by Crippen LogP contribution is -2.52. The number of rotatable bonds is 2. The van der Waals surface area contributed by atoms with E-state index in [1.807, 2.05) is 12.3 Å². The average Bonchev–Trinajstić information content (AvgIpc) is 3.17. The number of hydrogen-bond acceptors (Lipinski definition) is 4. The van der Waals surface area contributed by atoms with Crippen molar-refractivity contribution in [3.63, 3.8) is 0 Å². The summed E-state index contributed by atoms with van der Waals surface area (Å²) in [5, 5.41) is 8.36. The number of carbonyl (C=O) groups is 1. The minimum atomic E-state index is 0.0310.